The number of carbonyl (C=O) groups excluding carboxylic acids is 1. The fourth-order valence-electron chi connectivity index (χ4n) is 0.867. The molecule has 0 aliphatic carbocycles. The normalized spacial score (nSPS) is 10.1. The van der Waals surface area contributed by atoms with E-state index in [9.17, 15) is 4.79 Å². The Bertz CT molecular complexity index is 293. The minimum absolute atomic E-state index is 0.150. The van der Waals surface area contributed by atoms with E-state index in [4.69, 9.17) is 5.73 Å². The Labute approximate surface area is 76.3 Å². The highest BCUT2D eigenvalue weighted by Crippen LogP contribution is 1.96. The first-order valence-corrected chi connectivity index (χ1v) is 3.97. The van der Waals surface area contributed by atoms with Gasteiger partial charge in [-0.05, 0) is 0 Å². The Kier molecular flexibility index (Phi) is 2.97. The Morgan fingerprint density at radius 1 is 1.69 bits per heavy atom. The van der Waals surface area contributed by atoms with Gasteiger partial charge in [-0.15, -0.1) is 5.10 Å². The molecule has 72 valence electrons. The van der Waals surface area contributed by atoms with Gasteiger partial charge < -0.3 is 10.6 Å². The molecule has 0 aliphatic heterocycles. The van der Waals surface area contributed by atoms with Crippen LogP contribution >= 0.6 is 0 Å². The lowest BCUT2D eigenvalue weighted by Gasteiger charge is -2.05. The van der Waals surface area contributed by atoms with E-state index in [1.165, 1.54) is 4.90 Å². The predicted molar refractivity (Wildman–Crippen MR) is 47.1 cm³/mol. The SMILES string of the molecule is CN(C)C(=O)c1cn(CCN)nn1. The number of nitrogens with two attached hydrogens (primary N) is 1. The van der Waals surface area contributed by atoms with Crippen molar-refractivity contribution in [2.45, 2.75) is 6.54 Å². The molecule has 0 saturated heterocycles. The van der Waals surface area contributed by atoms with Gasteiger partial charge in [-0.25, -0.2) is 0 Å². The van der Waals surface area contributed by atoms with Crippen molar-refractivity contribution < 1.29 is 4.79 Å². The molecule has 0 unspecified atom stereocenters. The van der Waals surface area contributed by atoms with Crippen LogP contribution in [0.1, 0.15) is 10.5 Å². The van der Waals surface area contributed by atoms with Gasteiger partial charge in [0.05, 0.1) is 12.7 Å². The maximum Gasteiger partial charge on any atom is 0.275 e. The summed E-state index contributed by atoms with van der Waals surface area (Å²) in [7, 11) is 3.34. The topological polar surface area (TPSA) is 77.0 Å². The van der Waals surface area contributed by atoms with Gasteiger partial charge in [0.2, 0.25) is 0 Å². The number of aromatic nitrogens is 3. The lowest BCUT2D eigenvalue weighted by atomic mass is 10.4. The maximum atomic E-state index is 11.3. The molecule has 0 aromatic carbocycles. The van der Waals surface area contributed by atoms with Gasteiger partial charge in [0, 0.05) is 20.6 Å². The van der Waals surface area contributed by atoms with Crippen molar-refractivity contribution in [1.82, 2.24) is 19.9 Å². The largest absolute Gasteiger partial charge is 0.343 e. The first-order chi connectivity index (χ1) is 6.15. The third kappa shape index (κ3) is 2.25. The zero-order chi connectivity index (χ0) is 9.84. The molecule has 1 rings (SSSR count). The molecular formula is C7H13N5O. The van der Waals surface area contributed by atoms with Crippen molar-refractivity contribution >= 4 is 5.91 Å². The molecule has 0 radical (unpaired) electrons. The van der Waals surface area contributed by atoms with E-state index < -0.39 is 0 Å². The van der Waals surface area contributed by atoms with Gasteiger partial charge in [0.25, 0.3) is 5.91 Å². The van der Waals surface area contributed by atoms with Gasteiger partial charge in [-0.2, -0.15) is 0 Å². The molecule has 0 fully saturated rings. The third-order valence-electron chi connectivity index (χ3n) is 1.52. The molecule has 2 N–H and O–H groups in total. The molecule has 0 bridgehead atoms. The van der Waals surface area contributed by atoms with Gasteiger partial charge in [-0.3, -0.25) is 9.48 Å². The van der Waals surface area contributed by atoms with Crippen molar-refractivity contribution in [3.05, 3.63) is 11.9 Å². The summed E-state index contributed by atoms with van der Waals surface area (Å²) in [6.45, 7) is 1.06. The first kappa shape index (κ1) is 9.66. The second-order valence-corrected chi connectivity index (χ2v) is 2.86. The molecule has 6 heteroatoms. The summed E-state index contributed by atoms with van der Waals surface area (Å²) in [5.41, 5.74) is 5.67. The molecule has 0 atom stereocenters. The van der Waals surface area contributed by atoms with E-state index in [0.717, 1.165) is 0 Å². The number of nitrogens with zero attached hydrogens (tertiary/aromatic N) is 4. The summed E-state index contributed by atoms with van der Waals surface area (Å²) in [4.78, 5) is 12.8. The third-order valence-corrected chi connectivity index (χ3v) is 1.52. The Balaban J connectivity index is 2.73. The second kappa shape index (κ2) is 3.99. The number of rotatable bonds is 3. The van der Waals surface area contributed by atoms with E-state index in [2.05, 4.69) is 10.3 Å². The molecular weight excluding hydrogens is 170 g/mol. The van der Waals surface area contributed by atoms with Gasteiger partial charge in [-0.1, -0.05) is 5.21 Å². The van der Waals surface area contributed by atoms with Crippen LogP contribution in [-0.2, 0) is 6.54 Å². The summed E-state index contributed by atoms with van der Waals surface area (Å²) < 4.78 is 1.55. The highest BCUT2D eigenvalue weighted by atomic mass is 16.2. The van der Waals surface area contributed by atoms with Crippen LogP contribution in [0.25, 0.3) is 0 Å². The summed E-state index contributed by atoms with van der Waals surface area (Å²) in [5.74, 6) is -0.150. The molecule has 1 heterocycles. The zero-order valence-electron chi connectivity index (χ0n) is 7.77. The van der Waals surface area contributed by atoms with Crippen molar-refractivity contribution in [3.8, 4) is 0 Å². The van der Waals surface area contributed by atoms with Crippen LogP contribution in [0.3, 0.4) is 0 Å². The van der Waals surface area contributed by atoms with Gasteiger partial charge >= 0.3 is 0 Å². The fraction of sp³-hybridized carbons (Fsp3) is 0.571. The first-order valence-electron chi connectivity index (χ1n) is 3.97. The average Bonchev–Trinajstić information content (AvgIpc) is 2.52. The lowest BCUT2D eigenvalue weighted by Crippen LogP contribution is -2.22. The zero-order valence-corrected chi connectivity index (χ0v) is 7.77. The van der Waals surface area contributed by atoms with Crippen molar-refractivity contribution in [2.75, 3.05) is 20.6 Å². The number of carbonyl (C=O) groups is 1. The molecule has 6 nitrogen and oxygen atoms in total. The highest BCUT2D eigenvalue weighted by molar-refractivity contribution is 5.91. The van der Waals surface area contributed by atoms with Crippen LogP contribution in [0.4, 0.5) is 0 Å². The molecule has 0 saturated carbocycles. The van der Waals surface area contributed by atoms with Crippen LogP contribution in [0.5, 0.6) is 0 Å². The fourth-order valence-corrected chi connectivity index (χ4v) is 0.867. The standard InChI is InChI=1S/C7H13N5O/c1-11(2)7(13)6-5-12(4-3-8)10-9-6/h5H,3-4,8H2,1-2H3. The van der Waals surface area contributed by atoms with Crippen LogP contribution in [0.2, 0.25) is 0 Å². The summed E-state index contributed by atoms with van der Waals surface area (Å²) in [5, 5.41) is 7.47. The van der Waals surface area contributed by atoms with Crippen molar-refractivity contribution in [2.24, 2.45) is 5.73 Å². The summed E-state index contributed by atoms with van der Waals surface area (Å²) in [6.07, 6.45) is 1.59. The Morgan fingerprint density at radius 3 is 2.92 bits per heavy atom. The van der Waals surface area contributed by atoms with Crippen molar-refractivity contribution in [3.63, 3.8) is 0 Å². The molecule has 1 amide bonds. The van der Waals surface area contributed by atoms with Crippen LogP contribution in [0, 0.1) is 0 Å². The van der Waals surface area contributed by atoms with Gasteiger partial charge in [0.15, 0.2) is 5.69 Å². The minimum Gasteiger partial charge on any atom is -0.343 e. The van der Waals surface area contributed by atoms with Crippen molar-refractivity contribution in [1.29, 1.82) is 0 Å². The lowest BCUT2D eigenvalue weighted by molar-refractivity contribution is 0.0822. The monoisotopic (exact) mass is 183 g/mol. The molecule has 1 aromatic heterocycles. The number of hydrogen-bond donors (Lipinski definition) is 1. The number of hydrogen-bond acceptors (Lipinski definition) is 4. The number of amides is 1. The summed E-state index contributed by atoms with van der Waals surface area (Å²) >= 11 is 0. The molecule has 0 aliphatic rings. The molecule has 0 spiro atoms. The summed E-state index contributed by atoms with van der Waals surface area (Å²) in [6, 6.07) is 0. The average molecular weight is 183 g/mol. The minimum atomic E-state index is -0.150. The van der Waals surface area contributed by atoms with Crippen LogP contribution in [0.15, 0.2) is 6.20 Å². The Morgan fingerprint density at radius 2 is 2.38 bits per heavy atom. The van der Waals surface area contributed by atoms with Crippen LogP contribution < -0.4 is 5.73 Å². The quantitative estimate of drug-likeness (QED) is 0.648. The van der Waals surface area contributed by atoms with E-state index in [0.29, 0.717) is 18.8 Å². The molecule has 1 aromatic rings. The maximum absolute atomic E-state index is 11.3. The smallest absolute Gasteiger partial charge is 0.275 e. The highest BCUT2D eigenvalue weighted by Gasteiger charge is 2.11. The Hall–Kier alpha value is -1.43. The van der Waals surface area contributed by atoms with E-state index in [1.807, 2.05) is 0 Å². The van der Waals surface area contributed by atoms with Crippen LogP contribution in [-0.4, -0.2) is 46.4 Å². The molecule has 13 heavy (non-hydrogen) atoms. The predicted octanol–water partition coefficient (Wildman–Crippen LogP) is -1.06. The van der Waals surface area contributed by atoms with E-state index in [1.54, 1.807) is 25.0 Å². The van der Waals surface area contributed by atoms with E-state index >= 15 is 0 Å². The van der Waals surface area contributed by atoms with E-state index in [-0.39, 0.29) is 5.91 Å². The second-order valence-electron chi connectivity index (χ2n) is 2.86. The van der Waals surface area contributed by atoms with Gasteiger partial charge in [0.1, 0.15) is 0 Å².